The number of fused-ring (bicyclic) bond motifs is 5. The third-order valence-corrected chi connectivity index (χ3v) is 6.28. The fraction of sp³-hybridized carbons (Fsp3) is 0.304. The van der Waals surface area contributed by atoms with Crippen molar-refractivity contribution in [1.82, 2.24) is 4.90 Å². The highest BCUT2D eigenvalue weighted by atomic mass is 19.1. The van der Waals surface area contributed by atoms with Crippen molar-refractivity contribution in [2.24, 2.45) is 11.8 Å². The van der Waals surface area contributed by atoms with Crippen LogP contribution in [0.15, 0.2) is 66.3 Å². The predicted octanol–water partition coefficient (Wildman–Crippen LogP) is 5.19. The molecule has 0 amide bonds. The standard InChI is InChI=1S/C23H21F2N/c1-14-9-10-22-17(11-14)18-12-15-5-2-3-6-16(15)23(18)26(22)13-19-20(24)7-4-8-21(19)25/h2-11,17-18,22-23H,12-13H2,1H3. The first-order valence-corrected chi connectivity index (χ1v) is 9.26. The number of hydrogen-bond donors (Lipinski definition) is 0. The Bertz CT molecular complexity index is 909. The Hall–Kier alpha value is -2.26. The molecular formula is C23H21F2N. The topological polar surface area (TPSA) is 3.24 Å². The van der Waals surface area contributed by atoms with Crippen LogP contribution in [0.5, 0.6) is 0 Å². The predicted molar refractivity (Wildman–Crippen MR) is 98.5 cm³/mol. The minimum absolute atomic E-state index is 0.177. The van der Waals surface area contributed by atoms with E-state index in [0.29, 0.717) is 18.4 Å². The quantitative estimate of drug-likeness (QED) is 0.721. The van der Waals surface area contributed by atoms with Crippen molar-refractivity contribution in [2.75, 3.05) is 0 Å². The number of allylic oxidation sites excluding steroid dienone is 2. The molecule has 4 unspecified atom stereocenters. The van der Waals surface area contributed by atoms with Crippen LogP contribution < -0.4 is 0 Å². The first-order chi connectivity index (χ1) is 12.6. The van der Waals surface area contributed by atoms with Crippen molar-refractivity contribution in [2.45, 2.75) is 32.0 Å². The van der Waals surface area contributed by atoms with Gasteiger partial charge in [-0.1, -0.05) is 54.1 Å². The molecule has 132 valence electrons. The lowest BCUT2D eigenvalue weighted by Gasteiger charge is -2.31. The van der Waals surface area contributed by atoms with Crippen molar-refractivity contribution >= 4 is 0 Å². The molecule has 1 heterocycles. The van der Waals surface area contributed by atoms with E-state index in [2.05, 4.69) is 54.3 Å². The zero-order chi connectivity index (χ0) is 17.8. The monoisotopic (exact) mass is 349 g/mol. The van der Waals surface area contributed by atoms with Gasteiger partial charge in [0.1, 0.15) is 11.6 Å². The van der Waals surface area contributed by atoms with Gasteiger partial charge in [0, 0.05) is 30.1 Å². The number of halogens is 2. The van der Waals surface area contributed by atoms with Crippen LogP contribution in [-0.2, 0) is 13.0 Å². The summed E-state index contributed by atoms with van der Waals surface area (Å²) in [5, 5.41) is 0. The molecule has 3 aliphatic rings. The highest BCUT2D eigenvalue weighted by molar-refractivity contribution is 5.42. The third-order valence-electron chi connectivity index (χ3n) is 6.28. The molecular weight excluding hydrogens is 328 g/mol. The Morgan fingerprint density at radius 3 is 2.62 bits per heavy atom. The van der Waals surface area contributed by atoms with E-state index in [0.717, 1.165) is 6.42 Å². The molecule has 0 saturated carbocycles. The SMILES string of the molecule is CC1=CC2C3Cc4ccccc4C3N(Cc3c(F)cccc3F)C2C=C1. The molecule has 1 saturated heterocycles. The van der Waals surface area contributed by atoms with Crippen molar-refractivity contribution < 1.29 is 8.78 Å². The van der Waals surface area contributed by atoms with E-state index in [1.807, 2.05) is 0 Å². The number of likely N-dealkylation sites (tertiary alicyclic amines) is 1. The van der Waals surface area contributed by atoms with Gasteiger partial charge in [-0.25, -0.2) is 8.78 Å². The molecule has 2 aliphatic carbocycles. The van der Waals surface area contributed by atoms with Crippen molar-refractivity contribution in [1.29, 1.82) is 0 Å². The average molecular weight is 349 g/mol. The summed E-state index contributed by atoms with van der Waals surface area (Å²) in [6.07, 6.45) is 7.75. The zero-order valence-electron chi connectivity index (χ0n) is 14.7. The molecule has 0 bridgehead atoms. The summed E-state index contributed by atoms with van der Waals surface area (Å²) in [5.41, 5.74) is 4.15. The van der Waals surface area contributed by atoms with E-state index in [4.69, 9.17) is 0 Å². The van der Waals surface area contributed by atoms with Crippen LogP contribution in [0.3, 0.4) is 0 Å². The lowest BCUT2D eigenvalue weighted by atomic mass is 9.83. The van der Waals surface area contributed by atoms with Crippen molar-refractivity contribution in [3.63, 3.8) is 0 Å². The Morgan fingerprint density at radius 2 is 1.81 bits per heavy atom. The second-order valence-electron chi connectivity index (χ2n) is 7.72. The molecule has 26 heavy (non-hydrogen) atoms. The van der Waals surface area contributed by atoms with Gasteiger partial charge in [0.05, 0.1) is 0 Å². The highest BCUT2D eigenvalue weighted by Gasteiger charge is 2.51. The summed E-state index contributed by atoms with van der Waals surface area (Å²) in [7, 11) is 0. The molecule has 1 nitrogen and oxygen atoms in total. The Balaban J connectivity index is 1.60. The lowest BCUT2D eigenvalue weighted by Crippen LogP contribution is -2.33. The van der Waals surface area contributed by atoms with E-state index >= 15 is 0 Å². The molecule has 2 aromatic carbocycles. The molecule has 1 fully saturated rings. The summed E-state index contributed by atoms with van der Waals surface area (Å²) in [6, 6.07) is 13.1. The van der Waals surface area contributed by atoms with E-state index in [9.17, 15) is 8.78 Å². The van der Waals surface area contributed by atoms with Gasteiger partial charge in [0.2, 0.25) is 0 Å². The van der Waals surface area contributed by atoms with Crippen LogP contribution in [0.4, 0.5) is 8.78 Å². The van der Waals surface area contributed by atoms with Gasteiger partial charge in [-0.05, 0) is 42.5 Å². The maximum Gasteiger partial charge on any atom is 0.130 e. The fourth-order valence-corrected chi connectivity index (χ4v) is 5.18. The smallest absolute Gasteiger partial charge is 0.130 e. The average Bonchev–Trinajstić information content (AvgIpc) is 3.14. The number of rotatable bonds is 2. The molecule has 4 atom stereocenters. The van der Waals surface area contributed by atoms with E-state index in [-0.39, 0.29) is 17.6 Å². The minimum Gasteiger partial charge on any atom is -0.285 e. The minimum atomic E-state index is -0.456. The summed E-state index contributed by atoms with van der Waals surface area (Å²) in [4.78, 5) is 2.31. The second kappa shape index (κ2) is 5.88. The molecule has 2 aromatic rings. The first-order valence-electron chi connectivity index (χ1n) is 9.26. The van der Waals surface area contributed by atoms with Crippen molar-refractivity contribution in [3.05, 3.63) is 94.6 Å². The number of hydrogen-bond acceptors (Lipinski definition) is 1. The first kappa shape index (κ1) is 16.0. The molecule has 0 radical (unpaired) electrons. The molecule has 3 heteroatoms. The van der Waals surface area contributed by atoms with Gasteiger partial charge >= 0.3 is 0 Å². The number of benzene rings is 2. The Labute approximate surface area is 152 Å². The van der Waals surface area contributed by atoms with Crippen LogP contribution in [0.25, 0.3) is 0 Å². The van der Waals surface area contributed by atoms with Gasteiger partial charge in [-0.15, -0.1) is 0 Å². The fourth-order valence-electron chi connectivity index (χ4n) is 5.18. The largest absolute Gasteiger partial charge is 0.285 e. The van der Waals surface area contributed by atoms with E-state index in [1.165, 1.54) is 34.9 Å². The summed E-state index contributed by atoms with van der Waals surface area (Å²) in [6.45, 7) is 2.43. The molecule has 5 rings (SSSR count). The third kappa shape index (κ3) is 2.30. The maximum atomic E-state index is 14.3. The van der Waals surface area contributed by atoms with Crippen LogP contribution in [0.1, 0.15) is 29.7 Å². The molecule has 0 aromatic heterocycles. The zero-order valence-corrected chi connectivity index (χ0v) is 14.7. The van der Waals surface area contributed by atoms with Gasteiger partial charge in [0.25, 0.3) is 0 Å². The van der Waals surface area contributed by atoms with E-state index in [1.54, 1.807) is 0 Å². The van der Waals surface area contributed by atoms with Gasteiger partial charge in [-0.3, -0.25) is 4.90 Å². The lowest BCUT2D eigenvalue weighted by molar-refractivity contribution is 0.193. The van der Waals surface area contributed by atoms with Gasteiger partial charge < -0.3 is 0 Å². The maximum absolute atomic E-state index is 14.3. The summed E-state index contributed by atoms with van der Waals surface area (Å²) in [5.74, 6) is -0.0510. The Morgan fingerprint density at radius 1 is 1.04 bits per heavy atom. The van der Waals surface area contributed by atoms with Crippen LogP contribution in [-0.4, -0.2) is 10.9 Å². The van der Waals surface area contributed by atoms with Gasteiger partial charge in [0.15, 0.2) is 0 Å². The highest BCUT2D eigenvalue weighted by Crippen LogP contribution is 2.54. The van der Waals surface area contributed by atoms with Crippen LogP contribution in [0.2, 0.25) is 0 Å². The van der Waals surface area contributed by atoms with E-state index < -0.39 is 11.6 Å². The number of nitrogens with zero attached hydrogens (tertiary/aromatic N) is 1. The van der Waals surface area contributed by atoms with Crippen LogP contribution >= 0.6 is 0 Å². The summed E-state index contributed by atoms with van der Waals surface area (Å²) >= 11 is 0. The van der Waals surface area contributed by atoms with Crippen molar-refractivity contribution in [3.8, 4) is 0 Å². The second-order valence-corrected chi connectivity index (χ2v) is 7.72. The Kier molecular flexibility index (Phi) is 3.61. The normalized spacial score (nSPS) is 29.3. The molecule has 0 N–H and O–H groups in total. The van der Waals surface area contributed by atoms with Crippen LogP contribution in [0, 0.1) is 23.5 Å². The molecule has 1 aliphatic heterocycles. The summed E-state index contributed by atoms with van der Waals surface area (Å²) < 4.78 is 28.7. The van der Waals surface area contributed by atoms with Gasteiger partial charge in [-0.2, -0.15) is 0 Å². The molecule has 0 spiro atoms.